The summed E-state index contributed by atoms with van der Waals surface area (Å²) in [5, 5.41) is 0. The van der Waals surface area contributed by atoms with E-state index >= 15 is 0 Å². The maximum Gasteiger partial charge on any atom is 0.0349 e. The first-order valence-electron chi connectivity index (χ1n) is 5.51. The molecular formula is C12H17BrN2. The smallest absolute Gasteiger partial charge is 0.0349 e. The van der Waals surface area contributed by atoms with E-state index in [2.05, 4.69) is 45.1 Å². The van der Waals surface area contributed by atoms with Crippen molar-refractivity contribution in [3.63, 3.8) is 0 Å². The number of halogens is 1. The van der Waals surface area contributed by atoms with Gasteiger partial charge in [-0.25, -0.2) is 0 Å². The summed E-state index contributed by atoms with van der Waals surface area (Å²) >= 11 is 3.47. The molecule has 82 valence electrons. The van der Waals surface area contributed by atoms with Gasteiger partial charge in [-0.2, -0.15) is 0 Å². The Labute approximate surface area is 99.6 Å². The normalized spacial score (nSPS) is 22.1. The standard InChI is InChI=1S/C12H17BrN2/c13-11-5-3-10(4-6-11)12-2-1-8-15(12)9-7-14/h3-6,12H,1-2,7-9,14H2. The van der Waals surface area contributed by atoms with Gasteiger partial charge < -0.3 is 5.73 Å². The van der Waals surface area contributed by atoms with E-state index in [1.807, 2.05) is 0 Å². The van der Waals surface area contributed by atoms with Crippen LogP contribution < -0.4 is 5.73 Å². The van der Waals surface area contributed by atoms with Gasteiger partial charge in [0, 0.05) is 23.6 Å². The van der Waals surface area contributed by atoms with E-state index in [-0.39, 0.29) is 0 Å². The summed E-state index contributed by atoms with van der Waals surface area (Å²) < 4.78 is 1.15. The van der Waals surface area contributed by atoms with Crippen LogP contribution in [0.2, 0.25) is 0 Å². The minimum Gasteiger partial charge on any atom is -0.329 e. The molecule has 1 unspecified atom stereocenters. The summed E-state index contributed by atoms with van der Waals surface area (Å²) in [6, 6.07) is 9.25. The Bertz CT molecular complexity index is 310. The largest absolute Gasteiger partial charge is 0.329 e. The third-order valence-corrected chi connectivity index (χ3v) is 3.56. The average Bonchev–Trinajstić information content (AvgIpc) is 2.68. The lowest BCUT2D eigenvalue weighted by Crippen LogP contribution is -2.29. The second kappa shape index (κ2) is 5.10. The first-order valence-corrected chi connectivity index (χ1v) is 6.30. The molecule has 2 N–H and O–H groups in total. The Morgan fingerprint density at radius 1 is 1.33 bits per heavy atom. The van der Waals surface area contributed by atoms with E-state index in [1.54, 1.807) is 0 Å². The summed E-state index contributed by atoms with van der Waals surface area (Å²) in [5.74, 6) is 0. The van der Waals surface area contributed by atoms with Crippen LogP contribution in [0.3, 0.4) is 0 Å². The first-order chi connectivity index (χ1) is 7.31. The van der Waals surface area contributed by atoms with Crippen LogP contribution >= 0.6 is 15.9 Å². The predicted molar refractivity (Wildman–Crippen MR) is 66.7 cm³/mol. The molecule has 1 fully saturated rings. The zero-order valence-electron chi connectivity index (χ0n) is 8.82. The summed E-state index contributed by atoms with van der Waals surface area (Å²) in [6.45, 7) is 2.96. The number of nitrogens with two attached hydrogens (primary N) is 1. The van der Waals surface area contributed by atoms with Crippen molar-refractivity contribution in [2.24, 2.45) is 5.73 Å². The Kier molecular flexibility index (Phi) is 3.78. The molecular weight excluding hydrogens is 252 g/mol. The minimum atomic E-state index is 0.585. The lowest BCUT2D eigenvalue weighted by atomic mass is 10.0. The van der Waals surface area contributed by atoms with Gasteiger partial charge in [-0.3, -0.25) is 4.90 Å². The van der Waals surface area contributed by atoms with E-state index < -0.39 is 0 Å². The van der Waals surface area contributed by atoms with Gasteiger partial charge in [0.05, 0.1) is 0 Å². The molecule has 0 bridgehead atoms. The van der Waals surface area contributed by atoms with Crippen molar-refractivity contribution >= 4 is 15.9 Å². The fourth-order valence-corrected chi connectivity index (χ4v) is 2.59. The van der Waals surface area contributed by atoms with Crippen LogP contribution in [0.5, 0.6) is 0 Å². The van der Waals surface area contributed by atoms with Gasteiger partial charge >= 0.3 is 0 Å². The molecule has 1 aromatic carbocycles. The van der Waals surface area contributed by atoms with E-state index in [0.717, 1.165) is 17.6 Å². The molecule has 0 aromatic heterocycles. The van der Waals surface area contributed by atoms with Crippen LogP contribution in [-0.2, 0) is 0 Å². The molecule has 1 aliphatic rings. The second-order valence-corrected chi connectivity index (χ2v) is 4.95. The van der Waals surface area contributed by atoms with Crippen LogP contribution in [0, 0.1) is 0 Å². The van der Waals surface area contributed by atoms with Gasteiger partial charge in [-0.1, -0.05) is 28.1 Å². The SMILES string of the molecule is NCCN1CCCC1c1ccc(Br)cc1. The topological polar surface area (TPSA) is 29.3 Å². The van der Waals surface area contributed by atoms with E-state index in [1.165, 1.54) is 24.9 Å². The number of benzene rings is 1. The molecule has 0 radical (unpaired) electrons. The molecule has 1 aliphatic heterocycles. The van der Waals surface area contributed by atoms with E-state index in [9.17, 15) is 0 Å². The van der Waals surface area contributed by atoms with Crippen LogP contribution in [0.15, 0.2) is 28.7 Å². The summed E-state index contributed by atoms with van der Waals surface area (Å²) in [6.07, 6.45) is 2.56. The second-order valence-electron chi connectivity index (χ2n) is 4.03. The molecule has 0 aliphatic carbocycles. The van der Waals surface area contributed by atoms with Crippen molar-refractivity contribution < 1.29 is 0 Å². The molecule has 1 atom stereocenters. The van der Waals surface area contributed by atoms with Crippen molar-refractivity contribution in [2.75, 3.05) is 19.6 Å². The molecule has 3 heteroatoms. The van der Waals surface area contributed by atoms with Gasteiger partial charge in [0.15, 0.2) is 0 Å². The highest BCUT2D eigenvalue weighted by Crippen LogP contribution is 2.31. The Morgan fingerprint density at radius 2 is 2.07 bits per heavy atom. The molecule has 0 spiro atoms. The lowest BCUT2D eigenvalue weighted by molar-refractivity contribution is 0.264. The van der Waals surface area contributed by atoms with Crippen molar-refractivity contribution in [1.29, 1.82) is 0 Å². The lowest BCUT2D eigenvalue weighted by Gasteiger charge is -2.24. The monoisotopic (exact) mass is 268 g/mol. The summed E-state index contributed by atoms with van der Waals surface area (Å²) in [5.41, 5.74) is 7.04. The maximum atomic E-state index is 5.62. The number of likely N-dealkylation sites (tertiary alicyclic amines) is 1. The number of rotatable bonds is 3. The van der Waals surface area contributed by atoms with Crippen molar-refractivity contribution in [2.45, 2.75) is 18.9 Å². The zero-order chi connectivity index (χ0) is 10.7. The highest BCUT2D eigenvalue weighted by Gasteiger charge is 2.24. The van der Waals surface area contributed by atoms with E-state index in [0.29, 0.717) is 6.04 Å². The van der Waals surface area contributed by atoms with Gasteiger partial charge in [-0.05, 0) is 37.1 Å². The van der Waals surface area contributed by atoms with Gasteiger partial charge in [-0.15, -0.1) is 0 Å². The number of hydrogen-bond donors (Lipinski definition) is 1. The third-order valence-electron chi connectivity index (χ3n) is 3.03. The molecule has 2 rings (SSSR count). The average molecular weight is 269 g/mol. The molecule has 1 heterocycles. The quantitative estimate of drug-likeness (QED) is 0.913. The fourth-order valence-electron chi connectivity index (χ4n) is 2.32. The van der Waals surface area contributed by atoms with Crippen LogP contribution in [0.25, 0.3) is 0 Å². The van der Waals surface area contributed by atoms with Crippen molar-refractivity contribution in [1.82, 2.24) is 4.90 Å². The highest BCUT2D eigenvalue weighted by atomic mass is 79.9. The molecule has 0 amide bonds. The molecule has 1 aromatic rings. The Balaban J connectivity index is 2.11. The summed E-state index contributed by atoms with van der Waals surface area (Å²) in [4.78, 5) is 2.49. The molecule has 0 saturated carbocycles. The van der Waals surface area contributed by atoms with Gasteiger partial charge in [0.1, 0.15) is 0 Å². The van der Waals surface area contributed by atoms with E-state index in [4.69, 9.17) is 5.73 Å². The highest BCUT2D eigenvalue weighted by molar-refractivity contribution is 9.10. The predicted octanol–water partition coefficient (Wildman–Crippen LogP) is 2.54. The Morgan fingerprint density at radius 3 is 2.73 bits per heavy atom. The maximum absolute atomic E-state index is 5.62. The molecule has 1 saturated heterocycles. The number of nitrogens with zero attached hydrogens (tertiary/aromatic N) is 1. The summed E-state index contributed by atoms with van der Waals surface area (Å²) in [7, 11) is 0. The zero-order valence-corrected chi connectivity index (χ0v) is 10.4. The van der Waals surface area contributed by atoms with Gasteiger partial charge in [0.2, 0.25) is 0 Å². The molecule has 15 heavy (non-hydrogen) atoms. The van der Waals surface area contributed by atoms with Crippen molar-refractivity contribution in [3.8, 4) is 0 Å². The van der Waals surface area contributed by atoms with Crippen molar-refractivity contribution in [3.05, 3.63) is 34.3 Å². The third kappa shape index (κ3) is 2.60. The number of hydrogen-bond acceptors (Lipinski definition) is 2. The molecule has 2 nitrogen and oxygen atoms in total. The first kappa shape index (κ1) is 11.1. The van der Waals surface area contributed by atoms with Gasteiger partial charge in [0.25, 0.3) is 0 Å². The minimum absolute atomic E-state index is 0.585. The Hall–Kier alpha value is -0.380. The van der Waals surface area contributed by atoms with Crippen LogP contribution in [0.4, 0.5) is 0 Å². The van der Waals surface area contributed by atoms with Crippen LogP contribution in [0.1, 0.15) is 24.4 Å². The fraction of sp³-hybridized carbons (Fsp3) is 0.500. The van der Waals surface area contributed by atoms with Crippen LogP contribution in [-0.4, -0.2) is 24.5 Å².